The van der Waals surface area contributed by atoms with Gasteiger partial charge in [0.25, 0.3) is 10.1 Å². The first kappa shape index (κ1) is 10.9. The molecule has 0 heterocycles. The quantitative estimate of drug-likeness (QED) is 0.374. The van der Waals surface area contributed by atoms with E-state index in [2.05, 4.69) is 0 Å². The summed E-state index contributed by atoms with van der Waals surface area (Å²) in [7, 11) is -4.50. The van der Waals surface area contributed by atoms with Gasteiger partial charge in [0.15, 0.2) is 0 Å². The summed E-state index contributed by atoms with van der Waals surface area (Å²) in [6.07, 6.45) is 0.715. The minimum absolute atomic E-state index is 0.715. The topological polar surface area (TPSA) is 91.7 Å². The van der Waals surface area contributed by atoms with E-state index in [9.17, 15) is 8.42 Å². The van der Waals surface area contributed by atoms with Crippen LogP contribution in [0.3, 0.4) is 0 Å². The molecule has 7 heteroatoms. The molecule has 8 heavy (non-hydrogen) atoms. The van der Waals surface area contributed by atoms with Gasteiger partial charge in [0, 0.05) is 0 Å². The second-order valence-electron chi connectivity index (χ2n) is 0.815. The van der Waals surface area contributed by atoms with Crippen LogP contribution in [-0.2, 0) is 14.7 Å². The Hall–Kier alpha value is -0.0300. The van der Waals surface area contributed by atoms with Crippen LogP contribution in [0.15, 0.2) is 0 Å². The van der Waals surface area contributed by atoms with Gasteiger partial charge in [-0.15, -0.1) is 0 Å². The Labute approximate surface area is 48.4 Å². The van der Waals surface area contributed by atoms with Crippen molar-refractivity contribution in [3.05, 3.63) is 0 Å². The molecule has 5 nitrogen and oxygen atoms in total. The number of hydrogen-bond donors (Lipinski definition) is 2. The van der Waals surface area contributed by atoms with Gasteiger partial charge in [-0.1, -0.05) is 0 Å². The monoisotopic (exact) mass is 160 g/mol. The van der Waals surface area contributed by atoms with Crippen molar-refractivity contribution in [3.8, 4) is 0 Å². The summed E-state index contributed by atoms with van der Waals surface area (Å²) < 4.78 is 34.3. The maximum absolute atomic E-state index is 9.19. The molecule has 0 aromatic rings. The van der Waals surface area contributed by atoms with E-state index in [1.54, 1.807) is 0 Å². The lowest BCUT2D eigenvalue weighted by Crippen LogP contribution is -1.88. The first-order chi connectivity index (χ1) is 3.41. The van der Waals surface area contributed by atoms with Crippen LogP contribution in [0.25, 0.3) is 0 Å². The van der Waals surface area contributed by atoms with Gasteiger partial charge in [-0.3, -0.25) is 4.55 Å². The fraction of sp³-hybridized carbons (Fsp3) is 1.00. The molecule has 0 aliphatic heterocycles. The van der Waals surface area contributed by atoms with Crippen molar-refractivity contribution in [1.82, 2.24) is 0 Å². The van der Waals surface area contributed by atoms with Crippen molar-refractivity contribution in [3.63, 3.8) is 0 Å². The Morgan fingerprint density at radius 1 is 1.50 bits per heavy atom. The van der Waals surface area contributed by atoms with Crippen molar-refractivity contribution in [2.45, 2.75) is 0 Å². The SMILES string of the molecule is CS(=O)(=O)O.O=PO. The van der Waals surface area contributed by atoms with E-state index >= 15 is 0 Å². The third-order valence-electron chi connectivity index (χ3n) is 0. The molecule has 0 unspecified atom stereocenters. The average Bonchev–Trinajstić information content (AvgIpc) is 1.27. The largest absolute Gasteiger partial charge is 0.324 e. The fourth-order valence-corrected chi connectivity index (χ4v) is 0. The summed E-state index contributed by atoms with van der Waals surface area (Å²) in [5.41, 5.74) is 0. The molecule has 0 fully saturated rings. The Morgan fingerprint density at radius 2 is 1.50 bits per heavy atom. The smallest absolute Gasteiger partial charge is 0.310 e. The Bertz CT molecular complexity index is 127. The predicted molar refractivity (Wildman–Crippen MR) is 27.3 cm³/mol. The summed E-state index contributed by atoms with van der Waals surface area (Å²) >= 11 is 0. The van der Waals surface area contributed by atoms with Crippen LogP contribution in [0, 0.1) is 0 Å². The molecule has 2 N–H and O–H groups in total. The van der Waals surface area contributed by atoms with Crippen LogP contribution in [-0.4, -0.2) is 24.1 Å². The molecule has 0 atom stereocenters. The first-order valence-corrected chi connectivity index (χ1v) is 3.92. The van der Waals surface area contributed by atoms with E-state index in [4.69, 9.17) is 14.0 Å². The summed E-state index contributed by atoms with van der Waals surface area (Å²) in [6, 6.07) is 0. The maximum atomic E-state index is 9.19. The lowest BCUT2D eigenvalue weighted by molar-refractivity contribution is 0.490. The van der Waals surface area contributed by atoms with Crippen LogP contribution in [0.4, 0.5) is 0 Å². The molecule has 0 radical (unpaired) electrons. The zero-order valence-corrected chi connectivity index (χ0v) is 5.69. The summed E-state index contributed by atoms with van der Waals surface area (Å²) in [4.78, 5) is 6.99. The summed E-state index contributed by atoms with van der Waals surface area (Å²) in [6.45, 7) is 0. The van der Waals surface area contributed by atoms with Gasteiger partial charge >= 0.3 is 8.69 Å². The molecule has 0 spiro atoms. The summed E-state index contributed by atoms with van der Waals surface area (Å²) in [5, 5.41) is 0. The minimum Gasteiger partial charge on any atom is -0.310 e. The number of hydrogen-bond acceptors (Lipinski definition) is 3. The third-order valence-corrected chi connectivity index (χ3v) is 0. The van der Waals surface area contributed by atoms with Crippen molar-refractivity contribution >= 4 is 18.8 Å². The highest BCUT2D eigenvalue weighted by molar-refractivity contribution is 7.85. The highest BCUT2D eigenvalue weighted by Gasteiger charge is 1.81. The second-order valence-corrected chi connectivity index (χ2v) is 2.44. The van der Waals surface area contributed by atoms with Crippen LogP contribution in [0.5, 0.6) is 0 Å². The van der Waals surface area contributed by atoms with Gasteiger partial charge in [-0.2, -0.15) is 8.42 Å². The lowest BCUT2D eigenvalue weighted by Gasteiger charge is -1.69. The van der Waals surface area contributed by atoms with Crippen molar-refractivity contribution in [2.75, 3.05) is 6.26 Å². The predicted octanol–water partition coefficient (Wildman–Crippen LogP) is -0.311. The van der Waals surface area contributed by atoms with Crippen molar-refractivity contribution in [1.29, 1.82) is 0 Å². The minimum atomic E-state index is -3.67. The average molecular weight is 160 g/mol. The zero-order chi connectivity index (χ0) is 7.21. The Balaban J connectivity index is 0. The van der Waals surface area contributed by atoms with E-state index in [1.807, 2.05) is 0 Å². The molecule has 0 bridgehead atoms. The molecule has 0 aromatic carbocycles. The zero-order valence-electron chi connectivity index (χ0n) is 3.97. The van der Waals surface area contributed by atoms with E-state index in [-0.39, 0.29) is 0 Å². The van der Waals surface area contributed by atoms with Gasteiger partial charge in [0.05, 0.1) is 6.26 Å². The van der Waals surface area contributed by atoms with Crippen molar-refractivity contribution in [2.24, 2.45) is 0 Å². The first-order valence-electron chi connectivity index (χ1n) is 1.31. The van der Waals surface area contributed by atoms with E-state index in [0.29, 0.717) is 6.26 Å². The molecular weight excluding hydrogens is 155 g/mol. The molecular formula is CH5O5PS. The van der Waals surface area contributed by atoms with Crippen LogP contribution in [0.1, 0.15) is 0 Å². The third kappa shape index (κ3) is 164000. The van der Waals surface area contributed by atoms with E-state index < -0.39 is 18.8 Å². The van der Waals surface area contributed by atoms with Gasteiger partial charge < -0.3 is 4.89 Å². The highest BCUT2D eigenvalue weighted by atomic mass is 32.2. The van der Waals surface area contributed by atoms with Crippen molar-refractivity contribution < 1.29 is 22.4 Å². The molecule has 0 saturated heterocycles. The van der Waals surface area contributed by atoms with E-state index in [1.165, 1.54) is 0 Å². The van der Waals surface area contributed by atoms with Crippen LogP contribution >= 0.6 is 8.69 Å². The summed E-state index contributed by atoms with van der Waals surface area (Å²) in [5.74, 6) is 0. The van der Waals surface area contributed by atoms with Crippen LogP contribution < -0.4 is 0 Å². The fourth-order valence-electron chi connectivity index (χ4n) is 0. The van der Waals surface area contributed by atoms with Gasteiger partial charge in [-0.05, 0) is 0 Å². The Morgan fingerprint density at radius 3 is 1.50 bits per heavy atom. The maximum Gasteiger partial charge on any atom is 0.324 e. The highest BCUT2D eigenvalue weighted by Crippen LogP contribution is 1.66. The molecule has 0 aliphatic rings. The van der Waals surface area contributed by atoms with E-state index in [0.717, 1.165) is 0 Å². The molecule has 0 amide bonds. The second kappa shape index (κ2) is 5.11. The van der Waals surface area contributed by atoms with Gasteiger partial charge in [0.2, 0.25) is 0 Å². The Kier molecular flexibility index (Phi) is 6.94. The van der Waals surface area contributed by atoms with Gasteiger partial charge in [-0.25, -0.2) is 4.57 Å². The molecule has 0 rings (SSSR count). The van der Waals surface area contributed by atoms with Gasteiger partial charge in [0.1, 0.15) is 0 Å². The molecule has 0 aliphatic carbocycles. The molecule has 0 aromatic heterocycles. The van der Waals surface area contributed by atoms with Crippen LogP contribution in [0.2, 0.25) is 0 Å². The standard InChI is InChI=1S/CH4O3S.HO2P/c1-5(2,3)4;1-3-2/h1H3,(H,2,3,4);(H,1,2). The normalized spacial score (nSPS) is 9.88. The lowest BCUT2D eigenvalue weighted by atomic mass is 12.0. The molecule has 0 saturated carbocycles. The number of rotatable bonds is 0. The molecule has 50 valence electrons.